The second kappa shape index (κ2) is 14.9. The Kier molecular flexibility index (Phi) is 8.47. The molecule has 5 heteroatoms. The number of rotatable bonds is 5. The van der Waals surface area contributed by atoms with E-state index in [4.69, 9.17) is 14.9 Å². The van der Waals surface area contributed by atoms with Gasteiger partial charge in [0.15, 0.2) is 0 Å². The fourth-order valence-electron chi connectivity index (χ4n) is 6.25. The van der Waals surface area contributed by atoms with E-state index in [1.54, 1.807) is 24.3 Å². The van der Waals surface area contributed by atoms with Crippen molar-refractivity contribution in [1.29, 1.82) is 0 Å². The van der Waals surface area contributed by atoms with Crippen LogP contribution in [0.1, 0.15) is 16.6 Å². The van der Waals surface area contributed by atoms with Gasteiger partial charge in [-0.25, -0.2) is 0 Å². The molecule has 0 saturated heterocycles. The average Bonchev–Trinajstić information content (AvgIpc) is 3.79. The summed E-state index contributed by atoms with van der Waals surface area (Å²) in [5, 5.41) is 0.823. The normalized spacial score (nSPS) is 12.2. The van der Waals surface area contributed by atoms with E-state index in [1.807, 2.05) is 60.7 Å². The summed E-state index contributed by atoms with van der Waals surface area (Å²) in [5.74, 6) is 0.730. The summed E-state index contributed by atoms with van der Waals surface area (Å²) in [5.41, 5.74) is 11.8. The van der Waals surface area contributed by atoms with Crippen LogP contribution in [0.15, 0.2) is 168 Å². The van der Waals surface area contributed by atoms with Gasteiger partial charge in [-0.05, 0) is 66.0 Å². The molecule has 4 nitrogen and oxygen atoms in total. The smallest absolute Gasteiger partial charge is 0.0774 e. The van der Waals surface area contributed by atoms with Crippen LogP contribution >= 0.6 is 0 Å². The van der Waals surface area contributed by atoms with Crippen LogP contribution in [-0.4, -0.2) is 14.5 Å². The first-order valence-corrected chi connectivity index (χ1v) is 16.3. The number of para-hydroxylation sites is 3. The molecule has 0 aliphatic heterocycles. The Morgan fingerprint density at radius 2 is 1.43 bits per heavy atom. The first kappa shape index (κ1) is 28.9. The van der Waals surface area contributed by atoms with E-state index < -0.39 is 6.85 Å². The Hall–Kier alpha value is -5.87. The minimum Gasteiger partial charge on any atom is -0.557 e. The van der Waals surface area contributed by atoms with Gasteiger partial charge in [-0.3, -0.25) is 4.98 Å². The summed E-state index contributed by atoms with van der Waals surface area (Å²) in [4.78, 5) is 9.24. The Balaban J connectivity index is 0.000000231. The Labute approximate surface area is 317 Å². The van der Waals surface area contributed by atoms with Gasteiger partial charge in [0, 0.05) is 53.4 Å². The van der Waals surface area contributed by atoms with Crippen molar-refractivity contribution in [2.75, 3.05) is 0 Å². The van der Waals surface area contributed by atoms with Gasteiger partial charge in [-0.15, -0.1) is 42.0 Å². The molecule has 3 heterocycles. The standard InChI is InChI=1S/C34H23N2O.C12H10N.Ir/c1-23-20-27(24-12-4-2-5-13-24)33(28(21-23)25-14-6-3-7-15-25)36-31-18-10-9-17-30(31)35-34(36)29-22-37-32-19-11-8-16-26(29)32;1-10-7-8-12(13-9-10)11-5-3-2-4-6-11;/h2-21H,1H3;2-5,7-9H,1H3;/q2*-1;/i8D;1D3;. The second-order valence-corrected chi connectivity index (χ2v) is 11.9. The van der Waals surface area contributed by atoms with Crippen LogP contribution in [0.4, 0.5) is 0 Å². The number of pyridine rings is 1. The first-order valence-electron chi connectivity index (χ1n) is 18.3. The van der Waals surface area contributed by atoms with Gasteiger partial charge >= 0.3 is 0 Å². The summed E-state index contributed by atoms with van der Waals surface area (Å²) >= 11 is 0. The predicted molar refractivity (Wildman–Crippen MR) is 204 cm³/mol. The largest absolute Gasteiger partial charge is 0.557 e. The van der Waals surface area contributed by atoms with Gasteiger partial charge in [-0.1, -0.05) is 114 Å². The minimum absolute atomic E-state index is 0. The van der Waals surface area contributed by atoms with Crippen LogP contribution in [-0.2, 0) is 20.1 Å². The first-order chi connectivity index (χ1) is 26.2. The van der Waals surface area contributed by atoms with E-state index in [0.29, 0.717) is 11.6 Å². The van der Waals surface area contributed by atoms with Crippen molar-refractivity contribution in [3.8, 4) is 50.6 Å². The van der Waals surface area contributed by atoms with Crippen LogP contribution in [0.5, 0.6) is 0 Å². The van der Waals surface area contributed by atoms with Crippen molar-refractivity contribution in [3.63, 3.8) is 0 Å². The third-order valence-electron chi connectivity index (χ3n) is 8.54. The monoisotopic (exact) mass is 840 g/mol. The van der Waals surface area contributed by atoms with Gasteiger partial charge in [0.1, 0.15) is 0 Å². The molecule has 0 amide bonds. The van der Waals surface area contributed by atoms with Crippen LogP contribution in [0, 0.1) is 26.1 Å². The Bertz CT molecular complexity index is 2650. The molecule has 0 spiro atoms. The zero-order valence-electron chi connectivity index (χ0n) is 31.6. The molecule has 51 heavy (non-hydrogen) atoms. The number of fused-ring (bicyclic) bond motifs is 2. The molecule has 0 atom stereocenters. The fraction of sp³-hybridized carbons (Fsp3) is 0.0435. The number of imidazole rings is 1. The molecule has 0 N–H and O–H groups in total. The van der Waals surface area contributed by atoms with Gasteiger partial charge in [0.05, 0.1) is 23.9 Å². The molecular weight excluding hydrogens is 803 g/mol. The van der Waals surface area contributed by atoms with Crippen LogP contribution in [0.2, 0.25) is 0 Å². The average molecular weight is 840 g/mol. The molecule has 0 aliphatic carbocycles. The molecule has 0 bridgehead atoms. The maximum atomic E-state index is 8.23. The SMILES string of the molecule is [2H]C([2H])([2H])c1ccc(-c2[c-]cccc2)nc1.[2H]c1ccc2o[c-]c(-c3nc4ccccc4n3-c3c(-c4ccccc4)cc(C)cc3-c3ccccc3)c2c1.[Ir]. The molecule has 9 aromatic rings. The van der Waals surface area contributed by atoms with Crippen molar-refractivity contribution in [1.82, 2.24) is 14.5 Å². The maximum absolute atomic E-state index is 8.23. The van der Waals surface area contributed by atoms with Gasteiger partial charge < -0.3 is 14.0 Å². The molecule has 9 rings (SSSR count). The Morgan fingerprint density at radius 1 is 0.725 bits per heavy atom. The molecule has 0 fully saturated rings. The number of hydrogen-bond donors (Lipinski definition) is 0. The van der Waals surface area contributed by atoms with E-state index in [-0.39, 0.29) is 25.7 Å². The predicted octanol–water partition coefficient (Wildman–Crippen LogP) is 11.7. The van der Waals surface area contributed by atoms with E-state index >= 15 is 0 Å². The zero-order valence-corrected chi connectivity index (χ0v) is 30.0. The quantitative estimate of drug-likeness (QED) is 0.162. The van der Waals surface area contributed by atoms with Gasteiger partial charge in [-0.2, -0.15) is 0 Å². The van der Waals surface area contributed by atoms with Crippen molar-refractivity contribution in [2.24, 2.45) is 0 Å². The number of aryl methyl sites for hydroxylation is 2. The molecule has 249 valence electrons. The van der Waals surface area contributed by atoms with Crippen LogP contribution in [0.3, 0.4) is 0 Å². The van der Waals surface area contributed by atoms with Gasteiger partial charge in [0.2, 0.25) is 0 Å². The number of hydrogen-bond acceptors (Lipinski definition) is 3. The van der Waals surface area contributed by atoms with Gasteiger partial charge in [0.25, 0.3) is 0 Å². The molecule has 0 saturated carbocycles. The molecule has 0 unspecified atom stereocenters. The summed E-state index contributed by atoms with van der Waals surface area (Å²) in [7, 11) is 0. The van der Waals surface area contributed by atoms with E-state index in [0.717, 1.165) is 67.0 Å². The topological polar surface area (TPSA) is 43.9 Å². The van der Waals surface area contributed by atoms with E-state index in [2.05, 4.69) is 95.5 Å². The summed E-state index contributed by atoms with van der Waals surface area (Å²) in [6.07, 6.45) is 4.51. The van der Waals surface area contributed by atoms with Crippen molar-refractivity contribution < 1.29 is 30.0 Å². The number of aromatic nitrogens is 3. The molecule has 0 aliphatic rings. The number of furan rings is 1. The third-order valence-corrected chi connectivity index (χ3v) is 8.54. The summed E-state index contributed by atoms with van der Waals surface area (Å²) in [6.45, 7) is 0.0503. The molecule has 1 radical (unpaired) electrons. The fourth-order valence-corrected chi connectivity index (χ4v) is 6.25. The zero-order chi connectivity index (χ0) is 37.2. The number of nitrogens with zero attached hydrogens (tertiary/aromatic N) is 3. The summed E-state index contributed by atoms with van der Waals surface area (Å²) < 4.78 is 38.0. The van der Waals surface area contributed by atoms with Crippen molar-refractivity contribution in [2.45, 2.75) is 13.8 Å². The maximum Gasteiger partial charge on any atom is 0.0774 e. The van der Waals surface area contributed by atoms with Crippen LogP contribution in [0.25, 0.3) is 72.6 Å². The number of benzene rings is 6. The second-order valence-electron chi connectivity index (χ2n) is 11.9. The minimum atomic E-state index is -2.09. The Morgan fingerprint density at radius 3 is 2.10 bits per heavy atom. The van der Waals surface area contributed by atoms with E-state index in [1.165, 1.54) is 11.8 Å². The molecular formula is C46H33IrN3O-2. The molecule has 6 aromatic carbocycles. The van der Waals surface area contributed by atoms with Crippen LogP contribution < -0.4 is 0 Å². The molecule has 3 aromatic heterocycles. The third kappa shape index (κ3) is 6.82. The van der Waals surface area contributed by atoms with Crippen molar-refractivity contribution >= 4 is 22.0 Å². The van der Waals surface area contributed by atoms with Crippen molar-refractivity contribution in [3.05, 3.63) is 187 Å². The van der Waals surface area contributed by atoms with E-state index in [9.17, 15) is 0 Å². The summed E-state index contributed by atoms with van der Waals surface area (Å²) in [6, 6.07) is 53.2.